The van der Waals surface area contributed by atoms with Crippen molar-refractivity contribution >= 4 is 41.1 Å². The molecule has 2 aromatic carbocycles. The van der Waals surface area contributed by atoms with Gasteiger partial charge in [-0.15, -0.1) is 0 Å². The molecule has 0 bridgehead atoms. The van der Waals surface area contributed by atoms with Gasteiger partial charge in [0.1, 0.15) is 5.75 Å². The van der Waals surface area contributed by atoms with Gasteiger partial charge in [0.15, 0.2) is 11.7 Å². The molecule has 0 aromatic heterocycles. The third-order valence-corrected chi connectivity index (χ3v) is 3.43. The molecule has 0 spiro atoms. The van der Waals surface area contributed by atoms with Crippen LogP contribution in [0.3, 0.4) is 0 Å². The third-order valence-electron chi connectivity index (χ3n) is 3.34. The molecule has 0 heterocycles. The van der Waals surface area contributed by atoms with Gasteiger partial charge in [0.05, 0.1) is 18.4 Å². The number of thiocarbonyl (C=S) groups is 1. The molecule has 2 rings (SSSR count). The number of rotatable bonds is 8. The van der Waals surface area contributed by atoms with Crippen LogP contribution >= 0.6 is 12.2 Å². The number of ether oxygens (including phenoxy) is 2. The van der Waals surface area contributed by atoms with Gasteiger partial charge in [-0.25, -0.2) is 4.79 Å². The zero-order chi connectivity index (χ0) is 20.4. The fourth-order valence-electron chi connectivity index (χ4n) is 2.13. The first-order valence-electron chi connectivity index (χ1n) is 8.37. The molecule has 8 nitrogen and oxygen atoms in total. The molecule has 28 heavy (non-hydrogen) atoms. The van der Waals surface area contributed by atoms with Gasteiger partial charge in [0.25, 0.3) is 5.91 Å². The lowest BCUT2D eigenvalue weighted by Crippen LogP contribution is -2.24. The van der Waals surface area contributed by atoms with E-state index in [4.69, 9.17) is 15.2 Å². The van der Waals surface area contributed by atoms with E-state index in [1.165, 1.54) is 6.21 Å². The summed E-state index contributed by atoms with van der Waals surface area (Å²) in [5.74, 6) is -0.285. The van der Waals surface area contributed by atoms with E-state index < -0.39 is 5.97 Å². The lowest BCUT2D eigenvalue weighted by atomic mass is 10.2. The van der Waals surface area contributed by atoms with Gasteiger partial charge in [-0.1, -0.05) is 12.1 Å². The molecular formula is C19H20N4O4S. The minimum Gasteiger partial charge on any atom is -0.483 e. The van der Waals surface area contributed by atoms with Gasteiger partial charge < -0.3 is 20.5 Å². The second kappa shape index (κ2) is 10.6. The molecule has 0 aliphatic rings. The topological polar surface area (TPSA) is 115 Å². The number of benzene rings is 2. The molecule has 0 saturated carbocycles. The summed E-state index contributed by atoms with van der Waals surface area (Å²) in [5, 5.41) is 6.61. The molecule has 2 aromatic rings. The summed E-state index contributed by atoms with van der Waals surface area (Å²) >= 11 is 4.67. The largest absolute Gasteiger partial charge is 0.483 e. The van der Waals surface area contributed by atoms with Crippen LogP contribution in [-0.4, -0.2) is 36.4 Å². The first-order valence-corrected chi connectivity index (χ1v) is 8.77. The van der Waals surface area contributed by atoms with Crippen LogP contribution in [-0.2, 0) is 9.53 Å². The van der Waals surface area contributed by atoms with E-state index in [9.17, 15) is 9.59 Å². The van der Waals surface area contributed by atoms with Crippen molar-refractivity contribution in [3.63, 3.8) is 0 Å². The number of hydrogen-bond acceptors (Lipinski definition) is 6. The van der Waals surface area contributed by atoms with Gasteiger partial charge >= 0.3 is 5.97 Å². The van der Waals surface area contributed by atoms with Crippen LogP contribution < -0.4 is 21.2 Å². The summed E-state index contributed by atoms with van der Waals surface area (Å²) in [6.45, 7) is 1.84. The number of nitrogens with two attached hydrogens (primary N) is 1. The number of anilines is 1. The van der Waals surface area contributed by atoms with Gasteiger partial charge in [0, 0.05) is 11.3 Å². The summed E-state index contributed by atoms with van der Waals surface area (Å²) in [6, 6.07) is 13.5. The minimum atomic E-state index is -0.410. The summed E-state index contributed by atoms with van der Waals surface area (Å²) in [6.07, 6.45) is 1.49. The van der Waals surface area contributed by atoms with Crippen LogP contribution in [0.15, 0.2) is 53.6 Å². The first-order chi connectivity index (χ1) is 13.5. The molecule has 9 heteroatoms. The Morgan fingerprint density at radius 3 is 2.57 bits per heavy atom. The van der Waals surface area contributed by atoms with Crippen molar-refractivity contribution in [1.82, 2.24) is 5.43 Å². The second-order valence-corrected chi connectivity index (χ2v) is 5.85. The molecule has 0 atom stereocenters. The normalized spacial score (nSPS) is 10.3. The van der Waals surface area contributed by atoms with Crippen LogP contribution in [0.4, 0.5) is 5.69 Å². The lowest BCUT2D eigenvalue weighted by Gasteiger charge is -2.10. The highest BCUT2D eigenvalue weighted by Gasteiger charge is 2.09. The Morgan fingerprint density at radius 1 is 1.18 bits per heavy atom. The number of esters is 1. The lowest BCUT2D eigenvalue weighted by molar-refractivity contribution is -0.118. The number of carbonyl (C=O) groups is 2. The summed E-state index contributed by atoms with van der Waals surface area (Å²) in [7, 11) is 0. The number of nitrogens with zero attached hydrogens (tertiary/aromatic N) is 1. The van der Waals surface area contributed by atoms with Gasteiger partial charge in [-0.3, -0.25) is 10.2 Å². The summed E-state index contributed by atoms with van der Waals surface area (Å²) < 4.78 is 10.5. The Balaban J connectivity index is 1.91. The number of para-hydroxylation sites is 1. The Bertz CT molecular complexity index is 868. The van der Waals surface area contributed by atoms with Crippen molar-refractivity contribution in [3.8, 4) is 5.75 Å². The monoisotopic (exact) mass is 400 g/mol. The molecule has 4 N–H and O–H groups in total. The highest BCUT2D eigenvalue weighted by Crippen LogP contribution is 2.16. The zero-order valence-electron chi connectivity index (χ0n) is 15.2. The highest BCUT2D eigenvalue weighted by atomic mass is 32.1. The number of carbonyl (C=O) groups excluding carboxylic acids is 2. The van der Waals surface area contributed by atoms with E-state index in [0.717, 1.165) is 0 Å². The van der Waals surface area contributed by atoms with Crippen molar-refractivity contribution in [2.75, 3.05) is 18.5 Å². The van der Waals surface area contributed by atoms with Crippen molar-refractivity contribution in [2.24, 2.45) is 10.8 Å². The molecule has 0 saturated heterocycles. The molecule has 0 aliphatic carbocycles. The number of amides is 1. The maximum atomic E-state index is 12.1. The molecule has 0 radical (unpaired) electrons. The maximum Gasteiger partial charge on any atom is 0.338 e. The van der Waals surface area contributed by atoms with Gasteiger partial charge in [-0.2, -0.15) is 5.10 Å². The smallest absolute Gasteiger partial charge is 0.338 e. The van der Waals surface area contributed by atoms with Crippen LogP contribution in [0.5, 0.6) is 5.75 Å². The molecule has 0 aliphatic heterocycles. The molecule has 1 amide bonds. The van der Waals surface area contributed by atoms with Crippen LogP contribution in [0, 0.1) is 0 Å². The molecular weight excluding hydrogens is 380 g/mol. The third kappa shape index (κ3) is 6.69. The van der Waals surface area contributed by atoms with Crippen LogP contribution in [0.1, 0.15) is 22.8 Å². The van der Waals surface area contributed by atoms with Crippen molar-refractivity contribution in [3.05, 3.63) is 59.7 Å². The Kier molecular flexibility index (Phi) is 7.92. The molecule has 0 fully saturated rings. The minimum absolute atomic E-state index is 0.0444. The zero-order valence-corrected chi connectivity index (χ0v) is 16.0. The second-order valence-electron chi connectivity index (χ2n) is 5.41. The van der Waals surface area contributed by atoms with Crippen LogP contribution in [0.2, 0.25) is 0 Å². The first kappa shape index (κ1) is 20.8. The number of hydrogen-bond donors (Lipinski definition) is 3. The van der Waals surface area contributed by atoms with E-state index >= 15 is 0 Å². The fraction of sp³-hybridized carbons (Fsp3) is 0.158. The molecule has 0 unspecified atom stereocenters. The van der Waals surface area contributed by atoms with E-state index in [1.54, 1.807) is 55.5 Å². The summed E-state index contributed by atoms with van der Waals surface area (Å²) in [4.78, 5) is 23.7. The Morgan fingerprint density at radius 2 is 1.89 bits per heavy atom. The fourth-order valence-corrected chi connectivity index (χ4v) is 2.18. The standard InChI is InChI=1S/C19H20N4O4S/c1-2-26-18(25)13-7-9-15(10-8-13)22-17(24)12-27-16-6-4-3-5-14(16)11-21-23-19(20)28/h3-11H,2,12H2,1H3,(H,22,24)(H3,20,23,28). The Labute approximate surface area is 167 Å². The van der Waals surface area contributed by atoms with E-state index in [-0.39, 0.29) is 17.6 Å². The quantitative estimate of drug-likeness (QED) is 0.269. The predicted molar refractivity (Wildman–Crippen MR) is 110 cm³/mol. The number of hydrazone groups is 1. The van der Waals surface area contributed by atoms with Crippen molar-refractivity contribution < 1.29 is 19.1 Å². The van der Waals surface area contributed by atoms with E-state index in [2.05, 4.69) is 28.1 Å². The van der Waals surface area contributed by atoms with Gasteiger partial charge in [0.2, 0.25) is 0 Å². The SMILES string of the molecule is CCOC(=O)c1ccc(NC(=O)COc2ccccc2C=NNC(N)=S)cc1. The molecule has 146 valence electrons. The highest BCUT2D eigenvalue weighted by molar-refractivity contribution is 7.80. The average Bonchev–Trinajstić information content (AvgIpc) is 2.67. The van der Waals surface area contributed by atoms with E-state index in [0.29, 0.717) is 29.2 Å². The van der Waals surface area contributed by atoms with Gasteiger partial charge in [-0.05, 0) is 55.5 Å². The Hall–Kier alpha value is -3.46. The maximum absolute atomic E-state index is 12.1. The number of nitrogens with one attached hydrogen (secondary N) is 2. The predicted octanol–water partition coefficient (Wildman–Crippen LogP) is 2.05. The van der Waals surface area contributed by atoms with Crippen molar-refractivity contribution in [2.45, 2.75) is 6.92 Å². The van der Waals surface area contributed by atoms with E-state index in [1.807, 2.05) is 0 Å². The summed E-state index contributed by atoms with van der Waals surface area (Å²) in [5.41, 5.74) is 9.36. The average molecular weight is 400 g/mol. The van der Waals surface area contributed by atoms with Crippen LogP contribution in [0.25, 0.3) is 0 Å². The van der Waals surface area contributed by atoms with Crippen molar-refractivity contribution in [1.29, 1.82) is 0 Å².